The fourth-order valence-corrected chi connectivity index (χ4v) is 0.989. The van der Waals surface area contributed by atoms with E-state index < -0.39 is 6.09 Å². The van der Waals surface area contributed by atoms with Gasteiger partial charge in [0.2, 0.25) is 0 Å². The number of carbonyl (C=O) groups is 1. The van der Waals surface area contributed by atoms with E-state index in [9.17, 15) is 4.79 Å². The maximum Gasteiger partial charge on any atom is 0.418 e. The highest BCUT2D eigenvalue weighted by Gasteiger charge is 2.07. The van der Waals surface area contributed by atoms with Crippen LogP contribution < -0.4 is 0 Å². The highest BCUT2D eigenvalue weighted by Crippen LogP contribution is 2.07. The van der Waals surface area contributed by atoms with Gasteiger partial charge in [-0.2, -0.15) is 0 Å². The molecule has 0 saturated heterocycles. The van der Waals surface area contributed by atoms with Crippen LogP contribution in [0.2, 0.25) is 0 Å². The van der Waals surface area contributed by atoms with Crippen molar-refractivity contribution in [3.05, 3.63) is 24.7 Å². The highest BCUT2D eigenvalue weighted by atomic mass is 16.4. The molecule has 1 N–H and O–H groups in total. The first-order chi connectivity index (χ1) is 5.79. The lowest BCUT2D eigenvalue weighted by Crippen LogP contribution is -2.06. The minimum Gasteiger partial charge on any atom is -0.464 e. The molecule has 0 saturated carbocycles. The molecule has 0 unspecified atom stereocenters. The van der Waals surface area contributed by atoms with E-state index >= 15 is 0 Å². The van der Waals surface area contributed by atoms with Crippen LogP contribution in [-0.4, -0.2) is 25.7 Å². The van der Waals surface area contributed by atoms with E-state index in [0.717, 1.165) is 4.57 Å². The third-order valence-electron chi connectivity index (χ3n) is 1.51. The van der Waals surface area contributed by atoms with E-state index in [1.54, 1.807) is 12.1 Å². The van der Waals surface area contributed by atoms with Gasteiger partial charge in [-0.05, 0) is 12.1 Å². The summed E-state index contributed by atoms with van der Waals surface area (Å²) < 4.78 is 0.981. The zero-order chi connectivity index (χ0) is 8.55. The zero-order valence-corrected chi connectivity index (χ0v) is 6.01. The van der Waals surface area contributed by atoms with Crippen molar-refractivity contribution in [1.29, 1.82) is 0 Å². The van der Waals surface area contributed by atoms with E-state index in [2.05, 4.69) is 9.97 Å². The first kappa shape index (κ1) is 6.78. The summed E-state index contributed by atoms with van der Waals surface area (Å²) in [4.78, 5) is 18.3. The van der Waals surface area contributed by atoms with Crippen molar-refractivity contribution < 1.29 is 9.90 Å². The number of hydrogen-bond acceptors (Lipinski definition) is 3. The van der Waals surface area contributed by atoms with Gasteiger partial charge in [0.05, 0.1) is 0 Å². The average molecular weight is 163 g/mol. The van der Waals surface area contributed by atoms with Crippen LogP contribution in [0.25, 0.3) is 11.2 Å². The predicted octanol–water partition coefficient (Wildman–Crippen LogP) is 0.957. The zero-order valence-electron chi connectivity index (χ0n) is 6.01. The van der Waals surface area contributed by atoms with Gasteiger partial charge >= 0.3 is 6.09 Å². The van der Waals surface area contributed by atoms with E-state index in [0.29, 0.717) is 11.2 Å². The van der Waals surface area contributed by atoms with E-state index in [1.807, 2.05) is 0 Å². The molecule has 0 aromatic carbocycles. The molecule has 0 aliphatic rings. The second-order valence-corrected chi connectivity index (χ2v) is 2.24. The van der Waals surface area contributed by atoms with E-state index in [1.165, 1.54) is 12.5 Å². The van der Waals surface area contributed by atoms with Crippen LogP contribution in [0.5, 0.6) is 0 Å². The predicted molar refractivity (Wildman–Crippen MR) is 41.0 cm³/mol. The minimum absolute atomic E-state index is 0.366. The Bertz CT molecular complexity index is 435. The molecule has 0 fully saturated rings. The quantitative estimate of drug-likeness (QED) is 0.628. The summed E-state index contributed by atoms with van der Waals surface area (Å²) in [5.41, 5.74) is 0.949. The Morgan fingerprint density at radius 3 is 3.08 bits per heavy atom. The molecule has 60 valence electrons. The van der Waals surface area contributed by atoms with Crippen molar-refractivity contribution in [3.8, 4) is 0 Å². The van der Waals surface area contributed by atoms with Gasteiger partial charge in [-0.1, -0.05) is 0 Å². The lowest BCUT2D eigenvalue weighted by Gasteiger charge is -1.92. The highest BCUT2D eigenvalue weighted by molar-refractivity contribution is 5.82. The molecule has 0 aliphatic heterocycles. The van der Waals surface area contributed by atoms with E-state index in [-0.39, 0.29) is 0 Å². The molecule has 5 nitrogen and oxygen atoms in total. The summed E-state index contributed by atoms with van der Waals surface area (Å²) >= 11 is 0. The van der Waals surface area contributed by atoms with Gasteiger partial charge < -0.3 is 5.11 Å². The van der Waals surface area contributed by atoms with Crippen LogP contribution in [0.4, 0.5) is 4.79 Å². The van der Waals surface area contributed by atoms with Crippen LogP contribution in [-0.2, 0) is 0 Å². The van der Waals surface area contributed by atoms with Crippen LogP contribution in [0, 0.1) is 0 Å². The molecular weight excluding hydrogens is 158 g/mol. The molecule has 0 radical (unpaired) electrons. The van der Waals surface area contributed by atoms with Crippen LogP contribution >= 0.6 is 0 Å². The Labute approximate surface area is 67.3 Å². The normalized spacial score (nSPS) is 10.3. The monoisotopic (exact) mass is 163 g/mol. The molecule has 5 heteroatoms. The van der Waals surface area contributed by atoms with Crippen molar-refractivity contribution in [3.63, 3.8) is 0 Å². The fourth-order valence-electron chi connectivity index (χ4n) is 0.989. The number of imidazole rings is 1. The molecular formula is C7H5N3O2. The lowest BCUT2D eigenvalue weighted by molar-refractivity contribution is 0.197. The van der Waals surface area contributed by atoms with Gasteiger partial charge in [0.1, 0.15) is 11.8 Å². The smallest absolute Gasteiger partial charge is 0.418 e. The Kier molecular flexibility index (Phi) is 1.30. The number of pyridine rings is 1. The molecule has 0 bridgehead atoms. The van der Waals surface area contributed by atoms with Crippen LogP contribution in [0.1, 0.15) is 0 Å². The lowest BCUT2D eigenvalue weighted by atomic mass is 10.4. The summed E-state index contributed by atoms with van der Waals surface area (Å²) in [5, 5.41) is 8.65. The Morgan fingerprint density at radius 2 is 2.33 bits per heavy atom. The topological polar surface area (TPSA) is 68.0 Å². The van der Waals surface area contributed by atoms with Gasteiger partial charge in [-0.15, -0.1) is 0 Å². The Hall–Kier alpha value is -1.91. The van der Waals surface area contributed by atoms with Crippen molar-refractivity contribution >= 4 is 17.3 Å². The summed E-state index contributed by atoms with van der Waals surface area (Å²) in [6.07, 6.45) is 1.69. The van der Waals surface area contributed by atoms with Crippen molar-refractivity contribution in [1.82, 2.24) is 14.5 Å². The minimum atomic E-state index is -1.07. The molecule has 0 aliphatic carbocycles. The van der Waals surface area contributed by atoms with Crippen molar-refractivity contribution in [2.24, 2.45) is 0 Å². The largest absolute Gasteiger partial charge is 0.464 e. The van der Waals surface area contributed by atoms with Crippen molar-refractivity contribution in [2.45, 2.75) is 0 Å². The second kappa shape index (κ2) is 2.30. The molecule has 0 spiro atoms. The number of rotatable bonds is 0. The van der Waals surface area contributed by atoms with Gasteiger partial charge in [-0.3, -0.25) is 0 Å². The molecule has 12 heavy (non-hydrogen) atoms. The Morgan fingerprint density at radius 1 is 1.50 bits per heavy atom. The molecule has 0 atom stereocenters. The number of aromatic nitrogens is 3. The molecule has 2 aromatic heterocycles. The maximum atomic E-state index is 10.6. The van der Waals surface area contributed by atoms with Crippen LogP contribution in [0.3, 0.4) is 0 Å². The second-order valence-electron chi connectivity index (χ2n) is 2.24. The van der Waals surface area contributed by atoms with Gasteiger partial charge in [0.15, 0.2) is 5.65 Å². The number of fused-ring (bicyclic) bond motifs is 1. The van der Waals surface area contributed by atoms with Gasteiger partial charge in [0.25, 0.3) is 0 Å². The molecule has 2 aromatic rings. The molecule has 0 amide bonds. The molecule has 2 rings (SSSR count). The molecule has 2 heterocycles. The maximum absolute atomic E-state index is 10.6. The summed E-state index contributed by atoms with van der Waals surface area (Å²) in [6, 6.07) is 3.42. The third kappa shape index (κ3) is 0.833. The van der Waals surface area contributed by atoms with Gasteiger partial charge in [-0.25, -0.2) is 19.3 Å². The number of nitrogens with zero attached hydrogens (tertiary/aromatic N) is 3. The average Bonchev–Trinajstić information content (AvgIpc) is 2.47. The Balaban J connectivity index is 2.79. The summed E-state index contributed by atoms with van der Waals surface area (Å²) in [5.74, 6) is 0. The number of carboxylic acid groups (broad SMARTS) is 1. The van der Waals surface area contributed by atoms with Crippen LogP contribution in [0.15, 0.2) is 24.7 Å². The summed E-state index contributed by atoms with van der Waals surface area (Å²) in [6.45, 7) is 0. The fraction of sp³-hybridized carbons (Fsp3) is 0. The standard InChI is InChI=1S/C7H5N3O2/c11-7(12)10-4-9-5-2-1-3-8-6(5)10/h1-4H,(H,11,12). The number of hydrogen-bond donors (Lipinski definition) is 1. The third-order valence-corrected chi connectivity index (χ3v) is 1.51. The van der Waals surface area contributed by atoms with E-state index in [4.69, 9.17) is 5.11 Å². The first-order valence-electron chi connectivity index (χ1n) is 3.30. The first-order valence-corrected chi connectivity index (χ1v) is 3.30. The SMILES string of the molecule is O=C(O)n1cnc2cccnc21. The summed E-state index contributed by atoms with van der Waals surface area (Å²) in [7, 11) is 0. The van der Waals surface area contributed by atoms with Gasteiger partial charge in [0, 0.05) is 6.20 Å². The van der Waals surface area contributed by atoms with Crippen molar-refractivity contribution in [2.75, 3.05) is 0 Å².